The number of nitrogens with one attached hydrogen (secondary N) is 1. The molecule has 90 valence electrons. The van der Waals surface area contributed by atoms with Crippen LogP contribution >= 0.6 is 0 Å². The van der Waals surface area contributed by atoms with Crippen molar-refractivity contribution in [2.24, 2.45) is 0 Å². The Bertz CT molecular complexity index is 157. The van der Waals surface area contributed by atoms with Gasteiger partial charge < -0.3 is 10.1 Å². The smallest absolute Gasteiger partial charge is 0.0620 e. The molecule has 1 saturated heterocycles. The highest BCUT2D eigenvalue weighted by Gasteiger charge is 2.16. The maximum Gasteiger partial charge on any atom is 0.0620 e. The minimum absolute atomic E-state index is 0.589. The second kappa shape index (κ2) is 6.46. The summed E-state index contributed by atoms with van der Waals surface area (Å²) < 4.78 is 5.33. The monoisotopic (exact) mass is 214 g/mol. The van der Waals surface area contributed by atoms with Gasteiger partial charge in [-0.1, -0.05) is 0 Å². The van der Waals surface area contributed by atoms with Crippen LogP contribution in [0.15, 0.2) is 0 Å². The third kappa shape index (κ3) is 4.49. The first-order chi connectivity index (χ1) is 7.11. The highest BCUT2D eigenvalue weighted by atomic mass is 16.5. The van der Waals surface area contributed by atoms with Gasteiger partial charge in [-0.2, -0.15) is 0 Å². The minimum atomic E-state index is 0.589. The zero-order valence-electron chi connectivity index (χ0n) is 10.6. The number of hydrogen-bond acceptors (Lipinski definition) is 3. The lowest BCUT2D eigenvalue weighted by Crippen LogP contribution is -2.43. The van der Waals surface area contributed by atoms with E-state index in [1.165, 1.54) is 6.42 Å². The lowest BCUT2D eigenvalue weighted by molar-refractivity contribution is 0.168. The predicted octanol–water partition coefficient (Wildman–Crippen LogP) is 1.48. The van der Waals surface area contributed by atoms with Crippen LogP contribution in [0, 0.1) is 0 Å². The van der Waals surface area contributed by atoms with E-state index in [0.717, 1.165) is 26.3 Å². The van der Waals surface area contributed by atoms with E-state index < -0.39 is 0 Å². The standard InChI is InChI=1S/C12H26N2O/c1-10(2)14(11(3)4)7-6-13-12-5-8-15-9-12/h10-13H,5-9H2,1-4H3. The predicted molar refractivity (Wildman–Crippen MR) is 64.2 cm³/mol. The van der Waals surface area contributed by atoms with E-state index in [9.17, 15) is 0 Å². The second-order valence-corrected chi connectivity index (χ2v) is 4.94. The van der Waals surface area contributed by atoms with Gasteiger partial charge in [-0.15, -0.1) is 0 Å². The summed E-state index contributed by atoms with van der Waals surface area (Å²) in [7, 11) is 0. The van der Waals surface area contributed by atoms with Gasteiger partial charge in [0, 0.05) is 37.8 Å². The van der Waals surface area contributed by atoms with Crippen LogP contribution in [-0.2, 0) is 4.74 Å². The van der Waals surface area contributed by atoms with Crippen molar-refractivity contribution in [3.05, 3.63) is 0 Å². The van der Waals surface area contributed by atoms with E-state index in [2.05, 4.69) is 37.9 Å². The normalized spacial score (nSPS) is 22.2. The topological polar surface area (TPSA) is 24.5 Å². The number of rotatable bonds is 6. The van der Waals surface area contributed by atoms with Gasteiger partial charge in [0.1, 0.15) is 0 Å². The van der Waals surface area contributed by atoms with Crippen LogP contribution in [-0.4, -0.2) is 49.3 Å². The summed E-state index contributed by atoms with van der Waals surface area (Å²) >= 11 is 0. The maximum absolute atomic E-state index is 5.33. The molecular formula is C12H26N2O. The Hall–Kier alpha value is -0.120. The van der Waals surface area contributed by atoms with Gasteiger partial charge in [0.25, 0.3) is 0 Å². The van der Waals surface area contributed by atoms with Crippen LogP contribution < -0.4 is 5.32 Å². The van der Waals surface area contributed by atoms with E-state index in [4.69, 9.17) is 4.74 Å². The first-order valence-corrected chi connectivity index (χ1v) is 6.18. The van der Waals surface area contributed by atoms with Crippen molar-refractivity contribution in [1.29, 1.82) is 0 Å². The Morgan fingerprint density at radius 1 is 1.27 bits per heavy atom. The SMILES string of the molecule is CC(C)N(CCNC1CCOC1)C(C)C. The Morgan fingerprint density at radius 2 is 1.93 bits per heavy atom. The molecule has 3 heteroatoms. The van der Waals surface area contributed by atoms with E-state index in [0.29, 0.717) is 18.1 Å². The second-order valence-electron chi connectivity index (χ2n) is 4.94. The van der Waals surface area contributed by atoms with Gasteiger partial charge in [0.2, 0.25) is 0 Å². The van der Waals surface area contributed by atoms with Crippen LogP contribution in [0.1, 0.15) is 34.1 Å². The molecule has 0 radical (unpaired) electrons. The number of nitrogens with zero attached hydrogens (tertiary/aromatic N) is 1. The molecule has 1 unspecified atom stereocenters. The third-order valence-electron chi connectivity index (χ3n) is 3.06. The van der Waals surface area contributed by atoms with Crippen LogP contribution in [0.25, 0.3) is 0 Å². The van der Waals surface area contributed by atoms with Crippen LogP contribution in [0.4, 0.5) is 0 Å². The first kappa shape index (κ1) is 12.9. The Balaban J connectivity index is 2.15. The highest BCUT2D eigenvalue weighted by Crippen LogP contribution is 2.05. The van der Waals surface area contributed by atoms with E-state index >= 15 is 0 Å². The highest BCUT2D eigenvalue weighted by molar-refractivity contribution is 4.74. The molecule has 0 aromatic rings. The fourth-order valence-electron chi connectivity index (χ4n) is 2.21. The van der Waals surface area contributed by atoms with Crippen molar-refractivity contribution in [3.63, 3.8) is 0 Å². The molecule has 0 spiro atoms. The van der Waals surface area contributed by atoms with E-state index in [-0.39, 0.29) is 0 Å². The summed E-state index contributed by atoms with van der Waals surface area (Å²) in [4.78, 5) is 2.52. The minimum Gasteiger partial charge on any atom is -0.380 e. The molecule has 1 aliphatic heterocycles. The molecule has 15 heavy (non-hydrogen) atoms. The fraction of sp³-hybridized carbons (Fsp3) is 1.00. The van der Waals surface area contributed by atoms with Gasteiger partial charge in [-0.3, -0.25) is 4.90 Å². The van der Waals surface area contributed by atoms with E-state index in [1.54, 1.807) is 0 Å². The van der Waals surface area contributed by atoms with Crippen molar-refractivity contribution >= 4 is 0 Å². The molecule has 0 saturated carbocycles. The summed E-state index contributed by atoms with van der Waals surface area (Å²) in [5, 5.41) is 3.56. The van der Waals surface area contributed by atoms with Crippen LogP contribution in [0.2, 0.25) is 0 Å². The first-order valence-electron chi connectivity index (χ1n) is 6.18. The summed E-state index contributed by atoms with van der Waals surface area (Å²) in [6, 6.07) is 1.85. The molecule has 1 N–H and O–H groups in total. The molecule has 0 aliphatic carbocycles. The summed E-state index contributed by atoms with van der Waals surface area (Å²) in [5.74, 6) is 0. The van der Waals surface area contributed by atoms with Crippen molar-refractivity contribution < 1.29 is 4.74 Å². The van der Waals surface area contributed by atoms with Crippen molar-refractivity contribution in [2.75, 3.05) is 26.3 Å². The molecule has 1 fully saturated rings. The number of hydrogen-bond donors (Lipinski definition) is 1. The zero-order chi connectivity index (χ0) is 11.3. The maximum atomic E-state index is 5.33. The van der Waals surface area contributed by atoms with Gasteiger partial charge >= 0.3 is 0 Å². The Labute approximate surface area is 94.2 Å². The molecule has 1 heterocycles. The van der Waals surface area contributed by atoms with Crippen molar-refractivity contribution in [3.8, 4) is 0 Å². The number of ether oxygens (including phenoxy) is 1. The Morgan fingerprint density at radius 3 is 2.40 bits per heavy atom. The molecular weight excluding hydrogens is 188 g/mol. The summed E-state index contributed by atoms with van der Waals surface area (Å²) in [6.45, 7) is 13.1. The lowest BCUT2D eigenvalue weighted by Gasteiger charge is -2.30. The molecule has 0 aromatic carbocycles. The molecule has 0 aromatic heterocycles. The van der Waals surface area contributed by atoms with Crippen LogP contribution in [0.5, 0.6) is 0 Å². The van der Waals surface area contributed by atoms with Crippen molar-refractivity contribution in [1.82, 2.24) is 10.2 Å². The third-order valence-corrected chi connectivity index (χ3v) is 3.06. The molecule has 1 atom stereocenters. The Kier molecular flexibility index (Phi) is 5.58. The zero-order valence-corrected chi connectivity index (χ0v) is 10.6. The quantitative estimate of drug-likeness (QED) is 0.725. The lowest BCUT2D eigenvalue weighted by atomic mass is 10.2. The van der Waals surface area contributed by atoms with Gasteiger partial charge in [0.05, 0.1) is 6.61 Å². The molecule has 1 aliphatic rings. The molecule has 0 bridgehead atoms. The largest absolute Gasteiger partial charge is 0.380 e. The van der Waals surface area contributed by atoms with Crippen LogP contribution in [0.3, 0.4) is 0 Å². The van der Waals surface area contributed by atoms with Crippen molar-refractivity contribution in [2.45, 2.75) is 52.2 Å². The average molecular weight is 214 g/mol. The summed E-state index contributed by atoms with van der Waals surface area (Å²) in [6.07, 6.45) is 1.17. The van der Waals surface area contributed by atoms with Gasteiger partial charge in [0.15, 0.2) is 0 Å². The van der Waals surface area contributed by atoms with Gasteiger partial charge in [-0.25, -0.2) is 0 Å². The van der Waals surface area contributed by atoms with Gasteiger partial charge in [-0.05, 0) is 34.1 Å². The molecule has 1 rings (SSSR count). The summed E-state index contributed by atoms with van der Waals surface area (Å²) in [5.41, 5.74) is 0. The molecule has 3 nitrogen and oxygen atoms in total. The average Bonchev–Trinajstić information content (AvgIpc) is 2.63. The fourth-order valence-corrected chi connectivity index (χ4v) is 2.21. The molecule has 0 amide bonds. The van der Waals surface area contributed by atoms with E-state index in [1.807, 2.05) is 0 Å².